The van der Waals surface area contributed by atoms with E-state index >= 15 is 0 Å². The van der Waals surface area contributed by atoms with Gasteiger partial charge < -0.3 is 10.1 Å². The normalized spacial score (nSPS) is 12.4. The Bertz CT molecular complexity index is 558. The van der Waals surface area contributed by atoms with Crippen LogP contribution < -0.4 is 10.1 Å². The average molecular weight is 361 g/mol. The van der Waals surface area contributed by atoms with E-state index in [0.717, 1.165) is 22.3 Å². The molecule has 0 aliphatic heterocycles. The van der Waals surface area contributed by atoms with E-state index in [1.54, 1.807) is 18.4 Å². The first-order chi connectivity index (χ1) is 9.17. The fraction of sp³-hybridized carbons (Fsp3) is 0.286. The first-order valence-electron chi connectivity index (χ1n) is 5.97. The van der Waals surface area contributed by atoms with Crippen LogP contribution in [0.1, 0.15) is 23.4 Å². The molecule has 0 radical (unpaired) electrons. The van der Waals surface area contributed by atoms with Crippen LogP contribution in [-0.2, 0) is 0 Å². The van der Waals surface area contributed by atoms with E-state index in [1.807, 2.05) is 18.2 Å². The van der Waals surface area contributed by atoms with Crippen LogP contribution in [0, 0.1) is 0 Å². The second kappa shape index (κ2) is 6.75. The third-order valence-corrected chi connectivity index (χ3v) is 5.10. The van der Waals surface area contributed by atoms with Crippen molar-refractivity contribution in [2.45, 2.75) is 13.0 Å². The Kier molecular flexibility index (Phi) is 5.28. The number of methoxy groups -OCH3 is 1. The van der Waals surface area contributed by atoms with Gasteiger partial charge in [-0.2, -0.15) is 0 Å². The molecule has 0 spiro atoms. The number of ether oxygens (including phenoxy) is 1. The molecule has 1 aromatic carbocycles. The van der Waals surface area contributed by atoms with Crippen molar-refractivity contribution < 1.29 is 4.74 Å². The molecule has 1 atom stereocenters. The maximum atomic E-state index is 6.38. The molecular weight excluding hydrogens is 346 g/mol. The quantitative estimate of drug-likeness (QED) is 0.821. The summed E-state index contributed by atoms with van der Waals surface area (Å²) >= 11 is 11.7. The van der Waals surface area contributed by atoms with E-state index in [1.165, 1.54) is 4.88 Å². The lowest BCUT2D eigenvalue weighted by Gasteiger charge is -2.19. The summed E-state index contributed by atoms with van der Waals surface area (Å²) in [6.07, 6.45) is 0. The van der Waals surface area contributed by atoms with E-state index in [9.17, 15) is 0 Å². The molecule has 0 fully saturated rings. The Balaban J connectivity index is 2.42. The van der Waals surface area contributed by atoms with E-state index in [-0.39, 0.29) is 6.04 Å². The van der Waals surface area contributed by atoms with Crippen LogP contribution in [0.15, 0.2) is 34.1 Å². The second-order valence-corrected chi connectivity index (χ2v) is 6.22. The van der Waals surface area contributed by atoms with E-state index < -0.39 is 0 Å². The molecule has 0 saturated heterocycles. The lowest BCUT2D eigenvalue weighted by molar-refractivity contribution is 0.414. The highest BCUT2D eigenvalue weighted by molar-refractivity contribution is 9.10. The number of benzene rings is 1. The maximum Gasteiger partial charge on any atom is 0.120 e. The highest BCUT2D eigenvalue weighted by Crippen LogP contribution is 2.37. The predicted octanol–water partition coefficient (Wildman–Crippen LogP) is 4.87. The molecule has 0 amide bonds. The number of hydrogen-bond acceptors (Lipinski definition) is 3. The van der Waals surface area contributed by atoms with Gasteiger partial charge in [0.05, 0.1) is 13.2 Å². The molecule has 5 heteroatoms. The molecule has 1 N–H and O–H groups in total. The van der Waals surface area contributed by atoms with Gasteiger partial charge in [-0.05, 0) is 51.6 Å². The zero-order valence-electron chi connectivity index (χ0n) is 10.7. The molecule has 2 nitrogen and oxygen atoms in total. The number of hydrogen-bond donors (Lipinski definition) is 1. The van der Waals surface area contributed by atoms with Crippen molar-refractivity contribution >= 4 is 38.9 Å². The Morgan fingerprint density at radius 2 is 2.21 bits per heavy atom. The SMILES string of the molecule is CCNC(c1ccc(OC)cc1Cl)c1sccc1Br. The van der Waals surface area contributed by atoms with Crippen molar-refractivity contribution in [3.8, 4) is 5.75 Å². The van der Waals surface area contributed by atoms with Crippen molar-refractivity contribution in [3.05, 3.63) is 49.6 Å². The second-order valence-electron chi connectivity index (χ2n) is 4.01. The largest absolute Gasteiger partial charge is 0.497 e. The molecule has 0 aliphatic carbocycles. The number of halogens is 2. The molecule has 1 unspecified atom stereocenters. The van der Waals surface area contributed by atoms with Crippen LogP contribution in [-0.4, -0.2) is 13.7 Å². The van der Waals surface area contributed by atoms with Crippen LogP contribution in [0.5, 0.6) is 5.75 Å². The Morgan fingerprint density at radius 3 is 2.74 bits per heavy atom. The van der Waals surface area contributed by atoms with Gasteiger partial charge in [-0.25, -0.2) is 0 Å². The number of nitrogens with one attached hydrogen (secondary N) is 1. The molecule has 0 aliphatic rings. The standard InChI is InChI=1S/C14H15BrClNOS/c1-3-17-13(14-11(15)6-7-19-14)10-5-4-9(18-2)8-12(10)16/h4-8,13,17H,3H2,1-2H3. The van der Waals surface area contributed by atoms with E-state index in [4.69, 9.17) is 16.3 Å². The van der Waals surface area contributed by atoms with Crippen molar-refractivity contribution in [2.75, 3.05) is 13.7 Å². The van der Waals surface area contributed by atoms with Crippen molar-refractivity contribution in [1.82, 2.24) is 5.32 Å². The third-order valence-electron chi connectivity index (χ3n) is 2.83. The lowest BCUT2D eigenvalue weighted by atomic mass is 10.0. The van der Waals surface area contributed by atoms with Gasteiger partial charge in [-0.3, -0.25) is 0 Å². The average Bonchev–Trinajstić information content (AvgIpc) is 2.82. The lowest BCUT2D eigenvalue weighted by Crippen LogP contribution is -2.21. The zero-order chi connectivity index (χ0) is 13.8. The van der Waals surface area contributed by atoms with E-state index in [2.05, 4.69) is 39.6 Å². The minimum Gasteiger partial charge on any atom is -0.497 e. The summed E-state index contributed by atoms with van der Waals surface area (Å²) in [4.78, 5) is 1.23. The van der Waals surface area contributed by atoms with Gasteiger partial charge in [0, 0.05) is 14.4 Å². The van der Waals surface area contributed by atoms with E-state index in [0.29, 0.717) is 5.02 Å². The molecule has 2 aromatic rings. The number of thiophene rings is 1. The molecule has 102 valence electrons. The molecule has 19 heavy (non-hydrogen) atoms. The van der Waals surface area contributed by atoms with Crippen molar-refractivity contribution in [1.29, 1.82) is 0 Å². The van der Waals surface area contributed by atoms with Crippen LogP contribution in [0.3, 0.4) is 0 Å². The smallest absolute Gasteiger partial charge is 0.120 e. The monoisotopic (exact) mass is 359 g/mol. The summed E-state index contributed by atoms with van der Waals surface area (Å²) in [5.41, 5.74) is 1.06. The molecule has 1 aromatic heterocycles. The van der Waals surface area contributed by atoms with Gasteiger partial charge in [-0.1, -0.05) is 24.6 Å². The van der Waals surface area contributed by atoms with Crippen molar-refractivity contribution in [2.24, 2.45) is 0 Å². The predicted molar refractivity (Wildman–Crippen MR) is 85.5 cm³/mol. The first-order valence-corrected chi connectivity index (χ1v) is 8.02. The fourth-order valence-corrected chi connectivity index (χ4v) is 3.90. The molecular formula is C14H15BrClNOS. The Labute approximate surface area is 130 Å². The van der Waals surface area contributed by atoms with Gasteiger partial charge in [0.2, 0.25) is 0 Å². The highest BCUT2D eigenvalue weighted by Gasteiger charge is 2.20. The topological polar surface area (TPSA) is 21.3 Å². The van der Waals surface area contributed by atoms with Crippen LogP contribution in [0.4, 0.5) is 0 Å². The minimum absolute atomic E-state index is 0.0952. The Morgan fingerprint density at radius 1 is 1.42 bits per heavy atom. The summed E-state index contributed by atoms with van der Waals surface area (Å²) in [7, 11) is 1.64. The molecule has 2 rings (SSSR count). The van der Waals surface area contributed by atoms with Gasteiger partial charge >= 0.3 is 0 Å². The molecule has 0 saturated carbocycles. The molecule has 0 bridgehead atoms. The van der Waals surface area contributed by atoms with Crippen LogP contribution in [0.25, 0.3) is 0 Å². The highest BCUT2D eigenvalue weighted by atomic mass is 79.9. The summed E-state index contributed by atoms with van der Waals surface area (Å²) in [5, 5.41) is 6.26. The van der Waals surface area contributed by atoms with Crippen LogP contribution in [0.2, 0.25) is 5.02 Å². The van der Waals surface area contributed by atoms with Crippen molar-refractivity contribution in [3.63, 3.8) is 0 Å². The molecule has 1 heterocycles. The van der Waals surface area contributed by atoms with Gasteiger partial charge in [0.25, 0.3) is 0 Å². The Hall–Kier alpha value is -0.550. The fourth-order valence-electron chi connectivity index (χ4n) is 1.93. The third kappa shape index (κ3) is 3.31. The maximum absolute atomic E-state index is 6.38. The minimum atomic E-state index is 0.0952. The zero-order valence-corrected chi connectivity index (χ0v) is 13.9. The summed E-state index contributed by atoms with van der Waals surface area (Å²) in [5.74, 6) is 0.772. The van der Waals surface area contributed by atoms with Crippen LogP contribution >= 0.6 is 38.9 Å². The summed E-state index contributed by atoms with van der Waals surface area (Å²) in [6.45, 7) is 2.96. The summed E-state index contributed by atoms with van der Waals surface area (Å²) in [6, 6.07) is 7.95. The summed E-state index contributed by atoms with van der Waals surface area (Å²) < 4.78 is 6.30. The van der Waals surface area contributed by atoms with Gasteiger partial charge in [0.1, 0.15) is 5.75 Å². The van der Waals surface area contributed by atoms with Gasteiger partial charge in [0.15, 0.2) is 0 Å². The van der Waals surface area contributed by atoms with Gasteiger partial charge in [-0.15, -0.1) is 11.3 Å². The first kappa shape index (κ1) is 14.9. The number of rotatable bonds is 5.